The molecule has 0 aromatic heterocycles. The third-order valence-corrected chi connectivity index (χ3v) is 3.05. The number of halogens is 3. The van der Waals surface area contributed by atoms with Crippen LogP contribution in [0.25, 0.3) is 0 Å². The largest absolute Gasteiger partial charge is 0.378 e. The highest BCUT2D eigenvalue weighted by atomic mass is 35.5. The SMILES string of the molecule is CC(Nc1cc(Cl)cc(Cl)c1)c1ccccc1F. The van der Waals surface area contributed by atoms with E-state index in [0.717, 1.165) is 5.69 Å². The molecular formula is C14H12Cl2FN. The van der Waals surface area contributed by atoms with E-state index in [1.165, 1.54) is 6.07 Å². The summed E-state index contributed by atoms with van der Waals surface area (Å²) in [5.41, 5.74) is 1.37. The van der Waals surface area contributed by atoms with Gasteiger partial charge >= 0.3 is 0 Å². The van der Waals surface area contributed by atoms with Gasteiger partial charge in [-0.3, -0.25) is 0 Å². The van der Waals surface area contributed by atoms with Gasteiger partial charge in [0.1, 0.15) is 5.82 Å². The number of benzene rings is 2. The lowest BCUT2D eigenvalue weighted by Crippen LogP contribution is -2.08. The minimum atomic E-state index is -0.231. The van der Waals surface area contributed by atoms with Crippen LogP contribution in [0.2, 0.25) is 10.0 Å². The Hall–Kier alpha value is -1.25. The van der Waals surface area contributed by atoms with Gasteiger partial charge in [-0.2, -0.15) is 0 Å². The molecule has 2 aromatic rings. The average molecular weight is 284 g/mol. The van der Waals surface area contributed by atoms with Crippen LogP contribution < -0.4 is 5.32 Å². The molecular weight excluding hydrogens is 272 g/mol. The maximum absolute atomic E-state index is 13.6. The Kier molecular flexibility index (Phi) is 4.10. The molecule has 1 N–H and O–H groups in total. The van der Waals surface area contributed by atoms with E-state index in [1.54, 1.807) is 30.3 Å². The van der Waals surface area contributed by atoms with E-state index >= 15 is 0 Å². The molecule has 1 unspecified atom stereocenters. The molecule has 2 rings (SSSR count). The monoisotopic (exact) mass is 283 g/mol. The minimum absolute atomic E-state index is 0.166. The van der Waals surface area contributed by atoms with Crippen molar-refractivity contribution in [2.75, 3.05) is 5.32 Å². The summed E-state index contributed by atoms with van der Waals surface area (Å²) in [5.74, 6) is -0.231. The molecule has 0 spiro atoms. The normalized spacial score (nSPS) is 12.2. The lowest BCUT2D eigenvalue weighted by molar-refractivity contribution is 0.600. The minimum Gasteiger partial charge on any atom is -0.378 e. The van der Waals surface area contributed by atoms with E-state index in [4.69, 9.17) is 23.2 Å². The molecule has 0 fully saturated rings. The van der Waals surface area contributed by atoms with Crippen molar-refractivity contribution in [1.82, 2.24) is 0 Å². The Labute approximate surface area is 116 Å². The van der Waals surface area contributed by atoms with Crippen molar-refractivity contribution < 1.29 is 4.39 Å². The van der Waals surface area contributed by atoms with Crippen LogP contribution in [-0.2, 0) is 0 Å². The highest BCUT2D eigenvalue weighted by Crippen LogP contribution is 2.26. The van der Waals surface area contributed by atoms with Gasteiger partial charge in [-0.05, 0) is 31.2 Å². The maximum atomic E-state index is 13.6. The first-order chi connectivity index (χ1) is 8.56. The van der Waals surface area contributed by atoms with Crippen molar-refractivity contribution in [3.63, 3.8) is 0 Å². The van der Waals surface area contributed by atoms with Crippen LogP contribution in [0, 0.1) is 5.82 Å². The highest BCUT2D eigenvalue weighted by molar-refractivity contribution is 6.35. The number of hydrogen-bond acceptors (Lipinski definition) is 1. The summed E-state index contributed by atoms with van der Waals surface area (Å²) in [6.07, 6.45) is 0. The molecule has 0 aliphatic carbocycles. The maximum Gasteiger partial charge on any atom is 0.128 e. The topological polar surface area (TPSA) is 12.0 Å². The Bertz CT molecular complexity index is 537. The summed E-state index contributed by atoms with van der Waals surface area (Å²) in [6, 6.07) is 11.7. The fourth-order valence-electron chi connectivity index (χ4n) is 1.79. The third-order valence-electron chi connectivity index (χ3n) is 2.62. The molecule has 1 atom stereocenters. The van der Waals surface area contributed by atoms with Gasteiger partial charge < -0.3 is 5.32 Å². The molecule has 4 heteroatoms. The Morgan fingerprint density at radius 1 is 1.06 bits per heavy atom. The molecule has 94 valence electrons. The summed E-state index contributed by atoms with van der Waals surface area (Å²) in [5, 5.41) is 4.27. The molecule has 0 radical (unpaired) electrons. The Morgan fingerprint density at radius 2 is 1.67 bits per heavy atom. The standard InChI is InChI=1S/C14H12Cl2FN/c1-9(13-4-2-3-5-14(13)17)18-12-7-10(15)6-11(16)8-12/h2-9,18H,1H3. The van der Waals surface area contributed by atoms with Gasteiger partial charge in [0.15, 0.2) is 0 Å². The molecule has 0 saturated carbocycles. The molecule has 0 heterocycles. The van der Waals surface area contributed by atoms with Crippen molar-refractivity contribution in [3.8, 4) is 0 Å². The van der Waals surface area contributed by atoms with E-state index in [0.29, 0.717) is 15.6 Å². The van der Waals surface area contributed by atoms with Gasteiger partial charge in [0.05, 0.1) is 6.04 Å². The lowest BCUT2D eigenvalue weighted by Gasteiger charge is -2.16. The smallest absolute Gasteiger partial charge is 0.128 e. The van der Waals surface area contributed by atoms with Crippen LogP contribution >= 0.6 is 23.2 Å². The van der Waals surface area contributed by atoms with Gasteiger partial charge in [0.25, 0.3) is 0 Å². The van der Waals surface area contributed by atoms with Crippen LogP contribution in [0.5, 0.6) is 0 Å². The number of rotatable bonds is 3. The van der Waals surface area contributed by atoms with Gasteiger partial charge in [0, 0.05) is 21.3 Å². The fourth-order valence-corrected chi connectivity index (χ4v) is 2.32. The second-order valence-corrected chi connectivity index (χ2v) is 4.92. The van der Waals surface area contributed by atoms with E-state index in [1.807, 2.05) is 13.0 Å². The highest BCUT2D eigenvalue weighted by Gasteiger charge is 2.10. The van der Waals surface area contributed by atoms with Gasteiger partial charge in [0.2, 0.25) is 0 Å². The second kappa shape index (κ2) is 5.59. The van der Waals surface area contributed by atoms with Gasteiger partial charge in [-0.1, -0.05) is 41.4 Å². The van der Waals surface area contributed by atoms with E-state index in [9.17, 15) is 4.39 Å². The van der Waals surface area contributed by atoms with Crippen molar-refractivity contribution in [1.29, 1.82) is 0 Å². The van der Waals surface area contributed by atoms with Crippen LogP contribution in [0.15, 0.2) is 42.5 Å². The molecule has 0 amide bonds. The number of hydrogen-bond donors (Lipinski definition) is 1. The second-order valence-electron chi connectivity index (χ2n) is 4.05. The fraction of sp³-hybridized carbons (Fsp3) is 0.143. The average Bonchev–Trinajstić information content (AvgIpc) is 2.27. The summed E-state index contributed by atoms with van der Waals surface area (Å²) >= 11 is 11.8. The molecule has 18 heavy (non-hydrogen) atoms. The summed E-state index contributed by atoms with van der Waals surface area (Å²) < 4.78 is 13.6. The lowest BCUT2D eigenvalue weighted by atomic mass is 10.1. The first kappa shape index (κ1) is 13.2. The first-order valence-electron chi connectivity index (χ1n) is 5.53. The third kappa shape index (κ3) is 3.15. The van der Waals surface area contributed by atoms with E-state index in [2.05, 4.69) is 5.32 Å². The molecule has 0 aliphatic heterocycles. The predicted molar refractivity (Wildman–Crippen MR) is 74.9 cm³/mol. The molecule has 0 saturated heterocycles. The van der Waals surface area contributed by atoms with Crippen molar-refractivity contribution in [2.24, 2.45) is 0 Å². The van der Waals surface area contributed by atoms with Crippen molar-refractivity contribution >= 4 is 28.9 Å². The summed E-state index contributed by atoms with van der Waals surface area (Å²) in [4.78, 5) is 0. The first-order valence-corrected chi connectivity index (χ1v) is 6.29. The number of nitrogens with one attached hydrogen (secondary N) is 1. The molecule has 1 nitrogen and oxygen atoms in total. The zero-order chi connectivity index (χ0) is 13.1. The predicted octanol–water partition coefficient (Wildman–Crippen LogP) is 5.31. The van der Waals surface area contributed by atoms with Gasteiger partial charge in [-0.25, -0.2) is 4.39 Å². The van der Waals surface area contributed by atoms with E-state index in [-0.39, 0.29) is 11.9 Å². The van der Waals surface area contributed by atoms with Crippen LogP contribution in [0.4, 0.5) is 10.1 Å². The Balaban J connectivity index is 2.21. The number of anilines is 1. The molecule has 0 bridgehead atoms. The van der Waals surface area contributed by atoms with Crippen LogP contribution in [-0.4, -0.2) is 0 Å². The zero-order valence-corrected chi connectivity index (χ0v) is 11.3. The quantitative estimate of drug-likeness (QED) is 0.805. The zero-order valence-electron chi connectivity index (χ0n) is 9.75. The summed E-state index contributed by atoms with van der Waals surface area (Å²) in [6.45, 7) is 1.88. The van der Waals surface area contributed by atoms with Crippen LogP contribution in [0.1, 0.15) is 18.5 Å². The van der Waals surface area contributed by atoms with Gasteiger partial charge in [-0.15, -0.1) is 0 Å². The van der Waals surface area contributed by atoms with Crippen LogP contribution in [0.3, 0.4) is 0 Å². The van der Waals surface area contributed by atoms with E-state index < -0.39 is 0 Å². The van der Waals surface area contributed by atoms with Crippen molar-refractivity contribution in [2.45, 2.75) is 13.0 Å². The summed E-state index contributed by atoms with van der Waals surface area (Å²) in [7, 11) is 0. The Morgan fingerprint density at radius 3 is 2.28 bits per heavy atom. The van der Waals surface area contributed by atoms with Crippen molar-refractivity contribution in [3.05, 3.63) is 63.9 Å². The molecule has 2 aromatic carbocycles. The molecule has 0 aliphatic rings.